The van der Waals surface area contributed by atoms with Crippen LogP contribution in [-0.2, 0) is 5.75 Å². The fourth-order valence-electron chi connectivity index (χ4n) is 1.77. The largest absolute Gasteiger partial charge is 0.398 e. The summed E-state index contributed by atoms with van der Waals surface area (Å²) >= 11 is 1.46. The molecule has 0 heterocycles. The van der Waals surface area contributed by atoms with E-state index in [1.54, 1.807) is 6.07 Å². The molecule has 4 N–H and O–H groups in total. The van der Waals surface area contributed by atoms with Crippen LogP contribution in [0.2, 0.25) is 0 Å². The Morgan fingerprint density at radius 3 is 2.60 bits per heavy atom. The lowest BCUT2D eigenvalue weighted by molar-refractivity contribution is 0.1000. The molecule has 2 aromatic rings. The van der Waals surface area contributed by atoms with Crippen LogP contribution in [0, 0.1) is 12.7 Å². The number of nitrogens with two attached hydrogens (primary N) is 2. The highest BCUT2D eigenvalue weighted by molar-refractivity contribution is 7.98. The normalized spacial score (nSPS) is 10.5. The van der Waals surface area contributed by atoms with Crippen LogP contribution < -0.4 is 11.5 Å². The van der Waals surface area contributed by atoms with Gasteiger partial charge in [-0.05, 0) is 42.3 Å². The lowest BCUT2D eigenvalue weighted by Crippen LogP contribution is -2.11. The molecule has 0 aliphatic heterocycles. The van der Waals surface area contributed by atoms with E-state index in [4.69, 9.17) is 11.5 Å². The summed E-state index contributed by atoms with van der Waals surface area (Å²) in [5.74, 6) is -0.622. The standard InChI is InChI=1S/C15H15FN2OS/c1-9-2-5-14(13(17)6-9)20-8-11-4-3-10(15(18)19)7-12(11)16/h2-7H,8,17H2,1H3,(H2,18,19). The van der Waals surface area contributed by atoms with Crippen molar-refractivity contribution in [3.05, 3.63) is 58.9 Å². The van der Waals surface area contributed by atoms with Gasteiger partial charge in [0.15, 0.2) is 0 Å². The zero-order chi connectivity index (χ0) is 14.7. The molecule has 2 aromatic carbocycles. The number of primary amides is 1. The second-order valence-electron chi connectivity index (χ2n) is 4.50. The van der Waals surface area contributed by atoms with Crippen LogP contribution in [0.4, 0.5) is 10.1 Å². The number of thioether (sulfide) groups is 1. The van der Waals surface area contributed by atoms with E-state index >= 15 is 0 Å². The topological polar surface area (TPSA) is 69.1 Å². The van der Waals surface area contributed by atoms with Crippen molar-refractivity contribution in [3.8, 4) is 0 Å². The van der Waals surface area contributed by atoms with Crippen LogP contribution in [0.15, 0.2) is 41.3 Å². The number of hydrogen-bond acceptors (Lipinski definition) is 3. The Bertz CT molecular complexity index is 658. The molecule has 0 radical (unpaired) electrons. The SMILES string of the molecule is Cc1ccc(SCc2ccc(C(N)=O)cc2F)c(N)c1. The van der Waals surface area contributed by atoms with Crippen LogP contribution in [0.3, 0.4) is 0 Å². The van der Waals surface area contributed by atoms with E-state index in [1.165, 1.54) is 17.8 Å². The number of carbonyl (C=O) groups excluding carboxylic acids is 1. The Kier molecular flexibility index (Phi) is 4.29. The van der Waals surface area contributed by atoms with E-state index in [2.05, 4.69) is 0 Å². The van der Waals surface area contributed by atoms with Crippen molar-refractivity contribution < 1.29 is 9.18 Å². The molecule has 0 saturated carbocycles. The van der Waals surface area contributed by atoms with Crippen LogP contribution in [-0.4, -0.2) is 5.91 Å². The molecule has 1 amide bonds. The molecule has 5 heteroatoms. The van der Waals surface area contributed by atoms with E-state index < -0.39 is 11.7 Å². The maximum absolute atomic E-state index is 13.8. The van der Waals surface area contributed by atoms with E-state index in [1.807, 2.05) is 25.1 Å². The lowest BCUT2D eigenvalue weighted by Gasteiger charge is -2.08. The number of aryl methyl sites for hydroxylation is 1. The van der Waals surface area contributed by atoms with Gasteiger partial charge >= 0.3 is 0 Å². The highest BCUT2D eigenvalue weighted by Gasteiger charge is 2.08. The minimum atomic E-state index is -0.633. The third-order valence-corrected chi connectivity index (χ3v) is 4.02. The second kappa shape index (κ2) is 5.96. The number of hydrogen-bond donors (Lipinski definition) is 2. The number of nitrogen functional groups attached to an aromatic ring is 1. The first kappa shape index (κ1) is 14.4. The Labute approximate surface area is 121 Å². The molecular weight excluding hydrogens is 275 g/mol. The van der Waals surface area contributed by atoms with Gasteiger partial charge in [0.1, 0.15) is 5.82 Å². The Morgan fingerprint density at radius 2 is 2.00 bits per heavy atom. The molecule has 0 atom stereocenters. The zero-order valence-electron chi connectivity index (χ0n) is 11.0. The van der Waals surface area contributed by atoms with E-state index in [0.29, 0.717) is 17.0 Å². The molecule has 0 aliphatic carbocycles. The first-order valence-electron chi connectivity index (χ1n) is 6.04. The third-order valence-electron chi connectivity index (χ3n) is 2.89. The van der Waals surface area contributed by atoms with Crippen molar-refractivity contribution in [1.29, 1.82) is 0 Å². The van der Waals surface area contributed by atoms with Crippen LogP contribution >= 0.6 is 11.8 Å². The van der Waals surface area contributed by atoms with Gasteiger partial charge in [0.05, 0.1) is 0 Å². The highest BCUT2D eigenvalue weighted by Crippen LogP contribution is 2.29. The van der Waals surface area contributed by atoms with Gasteiger partial charge < -0.3 is 11.5 Å². The van der Waals surface area contributed by atoms with Crippen molar-refractivity contribution in [3.63, 3.8) is 0 Å². The number of halogens is 1. The van der Waals surface area contributed by atoms with Crippen LogP contribution in [0.25, 0.3) is 0 Å². The molecule has 0 spiro atoms. The molecule has 20 heavy (non-hydrogen) atoms. The number of benzene rings is 2. The maximum Gasteiger partial charge on any atom is 0.248 e. The fraction of sp³-hybridized carbons (Fsp3) is 0.133. The quantitative estimate of drug-likeness (QED) is 0.671. The maximum atomic E-state index is 13.8. The fourth-order valence-corrected chi connectivity index (χ4v) is 2.71. The molecular formula is C15H15FN2OS. The number of carbonyl (C=O) groups is 1. The van der Waals surface area contributed by atoms with E-state index in [9.17, 15) is 9.18 Å². The molecule has 0 saturated heterocycles. The summed E-state index contributed by atoms with van der Waals surface area (Å²) in [7, 11) is 0. The average Bonchev–Trinajstić information content (AvgIpc) is 2.38. The molecule has 0 fully saturated rings. The summed E-state index contributed by atoms with van der Waals surface area (Å²) in [6.45, 7) is 1.97. The number of anilines is 1. The molecule has 2 rings (SSSR count). The summed E-state index contributed by atoms with van der Waals surface area (Å²) in [4.78, 5) is 11.9. The molecule has 104 valence electrons. The predicted molar refractivity (Wildman–Crippen MR) is 80.1 cm³/mol. The third kappa shape index (κ3) is 3.30. The van der Waals surface area contributed by atoms with Crippen molar-refractivity contribution in [2.75, 3.05) is 5.73 Å². The van der Waals surface area contributed by atoms with Crippen LogP contribution in [0.1, 0.15) is 21.5 Å². The molecule has 0 unspecified atom stereocenters. The van der Waals surface area contributed by atoms with Crippen LogP contribution in [0.5, 0.6) is 0 Å². The smallest absolute Gasteiger partial charge is 0.248 e. The van der Waals surface area contributed by atoms with Gasteiger partial charge in [0.25, 0.3) is 0 Å². The van der Waals surface area contributed by atoms with Gasteiger partial charge in [0.2, 0.25) is 5.91 Å². The van der Waals surface area contributed by atoms with Gasteiger partial charge in [0, 0.05) is 21.9 Å². The molecule has 0 aliphatic rings. The van der Waals surface area contributed by atoms with E-state index in [0.717, 1.165) is 16.5 Å². The highest BCUT2D eigenvalue weighted by atomic mass is 32.2. The van der Waals surface area contributed by atoms with Gasteiger partial charge in [-0.2, -0.15) is 0 Å². The summed E-state index contributed by atoms with van der Waals surface area (Å²) in [5, 5.41) is 0. The second-order valence-corrected chi connectivity index (χ2v) is 5.52. The Balaban J connectivity index is 2.13. The first-order valence-corrected chi connectivity index (χ1v) is 7.03. The summed E-state index contributed by atoms with van der Waals surface area (Å²) in [6.07, 6.45) is 0. The van der Waals surface area contributed by atoms with Crippen molar-refractivity contribution in [2.24, 2.45) is 5.73 Å². The first-order chi connectivity index (χ1) is 9.47. The van der Waals surface area contributed by atoms with Crippen molar-refractivity contribution >= 4 is 23.4 Å². The van der Waals surface area contributed by atoms with Crippen molar-refractivity contribution in [1.82, 2.24) is 0 Å². The summed E-state index contributed by atoms with van der Waals surface area (Å²) in [5.41, 5.74) is 13.5. The summed E-state index contributed by atoms with van der Waals surface area (Å²) < 4.78 is 13.8. The monoisotopic (exact) mass is 290 g/mol. The summed E-state index contributed by atoms with van der Waals surface area (Å²) in [6, 6.07) is 10.0. The average molecular weight is 290 g/mol. The number of rotatable bonds is 4. The predicted octanol–water partition coefficient (Wildman–Crippen LogP) is 3.11. The van der Waals surface area contributed by atoms with Gasteiger partial charge in [-0.1, -0.05) is 12.1 Å². The van der Waals surface area contributed by atoms with Gasteiger partial charge in [-0.15, -0.1) is 11.8 Å². The van der Waals surface area contributed by atoms with Crippen molar-refractivity contribution in [2.45, 2.75) is 17.6 Å². The van der Waals surface area contributed by atoms with Gasteiger partial charge in [-0.25, -0.2) is 4.39 Å². The van der Waals surface area contributed by atoms with Gasteiger partial charge in [-0.3, -0.25) is 4.79 Å². The Morgan fingerprint density at radius 1 is 1.25 bits per heavy atom. The lowest BCUT2D eigenvalue weighted by atomic mass is 10.1. The molecule has 0 bridgehead atoms. The number of amides is 1. The minimum Gasteiger partial charge on any atom is -0.398 e. The van der Waals surface area contributed by atoms with E-state index in [-0.39, 0.29) is 5.56 Å². The molecule has 0 aromatic heterocycles. The Hall–Kier alpha value is -2.01. The zero-order valence-corrected chi connectivity index (χ0v) is 11.8. The molecule has 3 nitrogen and oxygen atoms in total. The minimum absolute atomic E-state index is 0.172.